The summed E-state index contributed by atoms with van der Waals surface area (Å²) in [4.78, 5) is 24.9. The van der Waals surface area contributed by atoms with Crippen LogP contribution in [0.15, 0.2) is 0 Å². The monoisotopic (exact) mass is 368 g/mol. The summed E-state index contributed by atoms with van der Waals surface area (Å²) in [5.41, 5.74) is 10.4. The largest absolute Gasteiger partial charge is 0.328 e. The predicted octanol–water partition coefficient (Wildman–Crippen LogP) is 5.06. The summed E-state index contributed by atoms with van der Waals surface area (Å²) in [6, 6.07) is 0. The molecule has 0 atom stereocenters. The highest BCUT2D eigenvalue weighted by Crippen LogP contribution is 2.16. The van der Waals surface area contributed by atoms with Crippen LogP contribution in [0, 0.1) is 0 Å². The molecule has 0 saturated carbocycles. The van der Waals surface area contributed by atoms with Crippen LogP contribution in [-0.2, 0) is 9.59 Å². The van der Waals surface area contributed by atoms with Gasteiger partial charge in [-0.25, -0.2) is 0 Å². The van der Waals surface area contributed by atoms with E-state index in [0.29, 0.717) is 12.8 Å². The van der Waals surface area contributed by atoms with Crippen LogP contribution in [0.1, 0.15) is 117 Å². The van der Waals surface area contributed by atoms with E-state index in [4.69, 9.17) is 11.5 Å². The maximum Gasteiger partial charge on any atom is 0.161 e. The number of hydrogen-bond donors (Lipinski definition) is 2. The first-order chi connectivity index (χ1) is 12.5. The van der Waals surface area contributed by atoms with Gasteiger partial charge in [0.05, 0.1) is 0 Å². The first kappa shape index (κ1) is 25.3. The fourth-order valence-corrected chi connectivity index (χ4v) is 3.31. The number of hydrogen-bond acceptors (Lipinski definition) is 4. The molecule has 0 aliphatic heterocycles. The molecule has 4 heteroatoms. The maximum atomic E-state index is 12.5. The molecule has 4 nitrogen and oxygen atoms in total. The molecule has 0 unspecified atom stereocenters. The SMILES string of the molecule is CCCCCCCCCC(=O)C(N)(CN)C(=O)CCCCCCCCC. The Labute approximate surface area is 161 Å². The van der Waals surface area contributed by atoms with E-state index in [2.05, 4.69) is 13.8 Å². The smallest absolute Gasteiger partial charge is 0.161 e. The van der Waals surface area contributed by atoms with Crippen molar-refractivity contribution in [1.29, 1.82) is 0 Å². The number of unbranched alkanes of at least 4 members (excludes halogenated alkanes) is 12. The molecule has 0 aromatic rings. The van der Waals surface area contributed by atoms with Crippen molar-refractivity contribution < 1.29 is 9.59 Å². The summed E-state index contributed by atoms with van der Waals surface area (Å²) < 4.78 is 0. The fourth-order valence-electron chi connectivity index (χ4n) is 3.31. The lowest BCUT2D eigenvalue weighted by molar-refractivity contribution is -0.134. The first-order valence-corrected chi connectivity index (χ1v) is 11.1. The summed E-state index contributed by atoms with van der Waals surface area (Å²) >= 11 is 0. The number of nitrogens with two attached hydrogens (primary N) is 2. The Morgan fingerprint density at radius 3 is 1.23 bits per heavy atom. The molecule has 0 aliphatic rings. The van der Waals surface area contributed by atoms with Crippen molar-refractivity contribution in [3.05, 3.63) is 0 Å². The van der Waals surface area contributed by atoms with Crippen LogP contribution in [0.25, 0.3) is 0 Å². The minimum absolute atomic E-state index is 0.0718. The van der Waals surface area contributed by atoms with E-state index in [1.165, 1.54) is 51.4 Å². The third-order valence-corrected chi connectivity index (χ3v) is 5.33. The van der Waals surface area contributed by atoms with Gasteiger partial charge in [-0.3, -0.25) is 9.59 Å². The van der Waals surface area contributed by atoms with Gasteiger partial charge in [0.15, 0.2) is 11.6 Å². The minimum Gasteiger partial charge on any atom is -0.328 e. The molecule has 0 aliphatic carbocycles. The highest BCUT2D eigenvalue weighted by molar-refractivity contribution is 6.11. The molecule has 0 aromatic carbocycles. The van der Waals surface area contributed by atoms with E-state index in [9.17, 15) is 9.59 Å². The Balaban J connectivity index is 4.01. The van der Waals surface area contributed by atoms with Crippen molar-refractivity contribution >= 4 is 11.6 Å². The van der Waals surface area contributed by atoms with Crippen molar-refractivity contribution in [2.45, 2.75) is 122 Å². The van der Waals surface area contributed by atoms with Crippen LogP contribution in [0.3, 0.4) is 0 Å². The Bertz CT molecular complexity index is 339. The van der Waals surface area contributed by atoms with Crippen molar-refractivity contribution in [3.63, 3.8) is 0 Å². The zero-order valence-electron chi connectivity index (χ0n) is 17.5. The number of ketones is 2. The molecule has 0 amide bonds. The molecule has 0 rings (SSSR count). The van der Waals surface area contributed by atoms with E-state index in [-0.39, 0.29) is 18.1 Å². The third-order valence-electron chi connectivity index (χ3n) is 5.33. The van der Waals surface area contributed by atoms with E-state index in [1.807, 2.05) is 0 Å². The molecule has 0 heterocycles. The van der Waals surface area contributed by atoms with Crippen molar-refractivity contribution in [3.8, 4) is 0 Å². The number of Topliss-reactive ketones (excluding diaryl/α,β-unsaturated/α-hetero) is 2. The molecule has 154 valence electrons. The second-order valence-electron chi connectivity index (χ2n) is 7.76. The van der Waals surface area contributed by atoms with E-state index >= 15 is 0 Å². The van der Waals surface area contributed by atoms with Gasteiger partial charge < -0.3 is 11.5 Å². The number of carbonyl (C=O) groups excluding carboxylic acids is 2. The van der Waals surface area contributed by atoms with Crippen LogP contribution < -0.4 is 11.5 Å². The Morgan fingerprint density at radius 2 is 0.923 bits per heavy atom. The van der Waals surface area contributed by atoms with E-state index < -0.39 is 5.54 Å². The van der Waals surface area contributed by atoms with Gasteiger partial charge in [-0.1, -0.05) is 90.9 Å². The average Bonchev–Trinajstić information content (AvgIpc) is 2.65. The van der Waals surface area contributed by atoms with Gasteiger partial charge in [-0.15, -0.1) is 0 Å². The third kappa shape index (κ3) is 11.1. The Morgan fingerprint density at radius 1 is 0.615 bits per heavy atom. The zero-order valence-corrected chi connectivity index (χ0v) is 17.5. The lowest BCUT2D eigenvalue weighted by Crippen LogP contribution is -2.60. The molecular weight excluding hydrogens is 324 g/mol. The van der Waals surface area contributed by atoms with Crippen molar-refractivity contribution in [2.24, 2.45) is 11.5 Å². The maximum absolute atomic E-state index is 12.5. The first-order valence-electron chi connectivity index (χ1n) is 11.1. The normalized spacial score (nSPS) is 11.7. The molecule has 4 N–H and O–H groups in total. The molecule has 0 saturated heterocycles. The highest BCUT2D eigenvalue weighted by Gasteiger charge is 2.38. The van der Waals surface area contributed by atoms with Gasteiger partial charge in [-0.05, 0) is 12.8 Å². The van der Waals surface area contributed by atoms with Crippen LogP contribution >= 0.6 is 0 Å². The summed E-state index contributed by atoms with van der Waals surface area (Å²) in [7, 11) is 0. The quantitative estimate of drug-likeness (QED) is 0.246. The Hall–Kier alpha value is -0.740. The van der Waals surface area contributed by atoms with Crippen LogP contribution in [0.5, 0.6) is 0 Å². The van der Waals surface area contributed by atoms with E-state index in [0.717, 1.165) is 38.5 Å². The molecule has 0 fully saturated rings. The van der Waals surface area contributed by atoms with Gasteiger partial charge >= 0.3 is 0 Å². The molecule has 0 aromatic heterocycles. The standard InChI is InChI=1S/C22H44N2O2/c1-3-5-7-9-11-13-15-17-20(25)22(24,19-23)21(26)18-16-14-12-10-8-6-4-2/h3-19,23-24H2,1-2H3. The molecule has 0 spiro atoms. The number of carbonyl (C=O) groups is 2. The second-order valence-corrected chi connectivity index (χ2v) is 7.76. The molecule has 26 heavy (non-hydrogen) atoms. The topological polar surface area (TPSA) is 86.2 Å². The molecule has 0 radical (unpaired) electrons. The summed E-state index contributed by atoms with van der Waals surface area (Å²) in [6.45, 7) is 4.34. The summed E-state index contributed by atoms with van der Waals surface area (Å²) in [5.74, 6) is -0.331. The summed E-state index contributed by atoms with van der Waals surface area (Å²) in [6.07, 6.45) is 16.8. The van der Waals surface area contributed by atoms with Crippen LogP contribution in [0.4, 0.5) is 0 Å². The highest BCUT2D eigenvalue weighted by atomic mass is 16.2. The lowest BCUT2D eigenvalue weighted by atomic mass is 9.84. The van der Waals surface area contributed by atoms with Gasteiger partial charge in [0.2, 0.25) is 0 Å². The van der Waals surface area contributed by atoms with Crippen LogP contribution in [-0.4, -0.2) is 23.7 Å². The Kier molecular flexibility index (Phi) is 16.0. The molecular formula is C22H44N2O2. The lowest BCUT2D eigenvalue weighted by Gasteiger charge is -2.25. The van der Waals surface area contributed by atoms with Crippen LogP contribution in [0.2, 0.25) is 0 Å². The van der Waals surface area contributed by atoms with Crippen molar-refractivity contribution in [2.75, 3.05) is 6.54 Å². The van der Waals surface area contributed by atoms with E-state index in [1.54, 1.807) is 0 Å². The number of rotatable bonds is 19. The van der Waals surface area contributed by atoms with Crippen molar-refractivity contribution in [1.82, 2.24) is 0 Å². The second kappa shape index (κ2) is 16.4. The average molecular weight is 369 g/mol. The molecule has 0 bridgehead atoms. The fraction of sp³-hybridized carbons (Fsp3) is 0.909. The van der Waals surface area contributed by atoms with Gasteiger partial charge in [0.25, 0.3) is 0 Å². The predicted molar refractivity (Wildman–Crippen MR) is 111 cm³/mol. The van der Waals surface area contributed by atoms with Gasteiger partial charge in [0, 0.05) is 19.4 Å². The zero-order chi connectivity index (χ0) is 19.7. The summed E-state index contributed by atoms with van der Waals surface area (Å²) in [5, 5.41) is 0. The van der Waals surface area contributed by atoms with Gasteiger partial charge in [-0.2, -0.15) is 0 Å². The minimum atomic E-state index is -1.45. The van der Waals surface area contributed by atoms with Gasteiger partial charge in [0.1, 0.15) is 5.54 Å².